The van der Waals surface area contributed by atoms with Gasteiger partial charge in [-0.05, 0) is 36.8 Å². The Morgan fingerprint density at radius 2 is 2.40 bits per heavy atom. The molecule has 1 saturated heterocycles. The lowest BCUT2D eigenvalue weighted by molar-refractivity contribution is -0.153. The van der Waals surface area contributed by atoms with Crippen LogP contribution in [0.4, 0.5) is 0 Å². The number of benzene rings is 1. The van der Waals surface area contributed by atoms with Gasteiger partial charge in [0.1, 0.15) is 11.9 Å². The molecule has 1 aliphatic heterocycles. The number of hydrogen-bond acceptors (Lipinski definition) is 5. The van der Waals surface area contributed by atoms with Crippen LogP contribution in [-0.2, 0) is 9.53 Å². The van der Waals surface area contributed by atoms with Crippen LogP contribution in [-0.4, -0.2) is 35.3 Å². The monoisotopic (exact) mass is 316 g/mol. The second-order valence-electron chi connectivity index (χ2n) is 4.45. The smallest absolute Gasteiger partial charge is 0.339 e. The van der Waals surface area contributed by atoms with Crippen LogP contribution in [0.1, 0.15) is 25.0 Å². The third-order valence-corrected chi connectivity index (χ3v) is 4.39. The number of hydrogen-bond donors (Lipinski definition) is 1. The summed E-state index contributed by atoms with van der Waals surface area (Å²) in [5.74, 6) is 1.97. The topological polar surface area (TPSA) is 55.8 Å². The Labute approximate surface area is 127 Å². The Bertz CT molecular complexity index is 474. The molecule has 1 aromatic rings. The lowest BCUT2D eigenvalue weighted by atomic mass is 10.1. The summed E-state index contributed by atoms with van der Waals surface area (Å²) in [5.41, 5.74) is 0.404. The average molecular weight is 317 g/mol. The van der Waals surface area contributed by atoms with Crippen molar-refractivity contribution < 1.29 is 19.4 Å². The fourth-order valence-electron chi connectivity index (χ4n) is 1.93. The Balaban J connectivity index is 2.06. The highest BCUT2D eigenvalue weighted by Crippen LogP contribution is 2.31. The van der Waals surface area contributed by atoms with Crippen LogP contribution in [0.25, 0.3) is 0 Å². The van der Waals surface area contributed by atoms with Crippen LogP contribution in [0.2, 0.25) is 5.02 Å². The third kappa shape index (κ3) is 3.81. The Hall–Kier alpha value is -0.910. The van der Waals surface area contributed by atoms with Crippen LogP contribution in [0, 0.1) is 0 Å². The predicted molar refractivity (Wildman–Crippen MR) is 79.4 cm³/mol. The van der Waals surface area contributed by atoms with Gasteiger partial charge in [-0.3, -0.25) is 0 Å². The summed E-state index contributed by atoms with van der Waals surface area (Å²) in [5, 5.41) is 10.2. The fourth-order valence-corrected chi connectivity index (χ4v) is 3.25. The minimum absolute atomic E-state index is 0.179. The molecule has 0 saturated carbocycles. The van der Waals surface area contributed by atoms with Crippen molar-refractivity contribution in [2.75, 3.05) is 18.1 Å². The van der Waals surface area contributed by atoms with Gasteiger partial charge in [0.05, 0.1) is 11.6 Å². The van der Waals surface area contributed by atoms with Gasteiger partial charge in [-0.25, -0.2) is 4.79 Å². The quantitative estimate of drug-likeness (QED) is 0.847. The molecule has 20 heavy (non-hydrogen) atoms. The fraction of sp³-hybridized carbons (Fsp3) is 0.500. The average Bonchev–Trinajstić information content (AvgIpc) is 2.93. The van der Waals surface area contributed by atoms with Crippen LogP contribution >= 0.6 is 23.4 Å². The van der Waals surface area contributed by atoms with Crippen molar-refractivity contribution in [2.24, 2.45) is 0 Å². The van der Waals surface area contributed by atoms with Gasteiger partial charge in [0.2, 0.25) is 0 Å². The molecule has 1 aromatic carbocycles. The standard InChI is InChI=1S/C14H17ClO4S/c1-2-18-14(17)13(16)9-3-4-12(11(15)7-9)19-10-5-6-20-8-10/h3-4,7,10,13,16H,2,5-6,8H2,1H3. The molecule has 4 nitrogen and oxygen atoms in total. The summed E-state index contributed by atoms with van der Waals surface area (Å²) < 4.78 is 10.6. The number of esters is 1. The van der Waals surface area contributed by atoms with Gasteiger partial charge in [0.15, 0.2) is 6.10 Å². The van der Waals surface area contributed by atoms with Crippen molar-refractivity contribution in [3.8, 4) is 5.75 Å². The zero-order chi connectivity index (χ0) is 14.5. The molecule has 0 bridgehead atoms. The lowest BCUT2D eigenvalue weighted by Gasteiger charge is -2.15. The molecule has 1 aliphatic rings. The van der Waals surface area contributed by atoms with Gasteiger partial charge >= 0.3 is 5.97 Å². The minimum atomic E-state index is -1.32. The number of halogens is 1. The summed E-state index contributed by atoms with van der Waals surface area (Å²) in [6, 6.07) is 4.86. The molecule has 2 atom stereocenters. The summed E-state index contributed by atoms with van der Waals surface area (Å²) in [7, 11) is 0. The van der Waals surface area contributed by atoms with E-state index in [1.165, 1.54) is 0 Å². The summed E-state index contributed by atoms with van der Waals surface area (Å²) in [6.07, 6.45) is -0.129. The predicted octanol–water partition coefficient (Wildman–Crippen LogP) is 2.82. The van der Waals surface area contributed by atoms with Crippen LogP contribution < -0.4 is 4.74 Å². The molecule has 0 radical (unpaired) electrons. The van der Waals surface area contributed by atoms with Gasteiger partial charge in [-0.15, -0.1) is 0 Å². The van der Waals surface area contributed by atoms with Gasteiger partial charge in [-0.2, -0.15) is 11.8 Å². The molecule has 0 amide bonds. The molecule has 2 unspecified atom stereocenters. The number of ether oxygens (including phenoxy) is 2. The molecule has 1 heterocycles. The molecule has 2 rings (SSSR count). The molecule has 1 N–H and O–H groups in total. The molecule has 0 aliphatic carbocycles. The van der Waals surface area contributed by atoms with Gasteiger partial charge < -0.3 is 14.6 Å². The first kappa shape index (κ1) is 15.5. The van der Waals surface area contributed by atoms with Crippen molar-refractivity contribution in [2.45, 2.75) is 25.6 Å². The number of aliphatic hydroxyl groups excluding tert-OH is 1. The number of thioether (sulfide) groups is 1. The Morgan fingerprint density at radius 3 is 3.00 bits per heavy atom. The van der Waals surface area contributed by atoms with E-state index in [0.29, 0.717) is 16.3 Å². The van der Waals surface area contributed by atoms with E-state index >= 15 is 0 Å². The Morgan fingerprint density at radius 1 is 1.60 bits per heavy atom. The Kier molecular flexibility index (Phi) is 5.57. The second kappa shape index (κ2) is 7.20. The van der Waals surface area contributed by atoms with Crippen molar-refractivity contribution in [3.05, 3.63) is 28.8 Å². The first-order valence-corrected chi connectivity index (χ1v) is 8.03. The SMILES string of the molecule is CCOC(=O)C(O)c1ccc(OC2CCSC2)c(Cl)c1. The zero-order valence-corrected chi connectivity index (χ0v) is 12.7. The normalized spacial score (nSPS) is 19.6. The van der Waals surface area contributed by atoms with Crippen LogP contribution in [0.5, 0.6) is 5.75 Å². The molecule has 0 aromatic heterocycles. The van der Waals surface area contributed by atoms with E-state index in [9.17, 15) is 9.90 Å². The lowest BCUT2D eigenvalue weighted by Crippen LogP contribution is -2.16. The zero-order valence-electron chi connectivity index (χ0n) is 11.2. The van der Waals surface area contributed by atoms with Crippen molar-refractivity contribution in [3.63, 3.8) is 0 Å². The molecular formula is C14H17ClO4S. The first-order chi connectivity index (χ1) is 9.61. The highest BCUT2D eigenvalue weighted by atomic mass is 35.5. The molecule has 6 heteroatoms. The maximum absolute atomic E-state index is 11.5. The maximum atomic E-state index is 11.5. The number of aliphatic hydroxyl groups is 1. The number of rotatable bonds is 5. The second-order valence-corrected chi connectivity index (χ2v) is 6.00. The van der Waals surface area contributed by atoms with E-state index in [1.54, 1.807) is 25.1 Å². The third-order valence-electron chi connectivity index (χ3n) is 2.96. The van der Waals surface area contributed by atoms with Crippen molar-refractivity contribution in [1.29, 1.82) is 0 Å². The molecule has 1 fully saturated rings. The largest absolute Gasteiger partial charge is 0.488 e. The minimum Gasteiger partial charge on any atom is -0.488 e. The molecular weight excluding hydrogens is 300 g/mol. The van der Waals surface area contributed by atoms with E-state index < -0.39 is 12.1 Å². The highest BCUT2D eigenvalue weighted by molar-refractivity contribution is 7.99. The van der Waals surface area contributed by atoms with Crippen LogP contribution in [0.15, 0.2) is 18.2 Å². The van der Waals surface area contributed by atoms with E-state index in [4.69, 9.17) is 21.1 Å². The molecule has 110 valence electrons. The van der Waals surface area contributed by atoms with E-state index in [1.807, 2.05) is 11.8 Å². The van der Waals surface area contributed by atoms with Gasteiger partial charge in [-0.1, -0.05) is 17.7 Å². The van der Waals surface area contributed by atoms with Crippen molar-refractivity contribution >= 4 is 29.3 Å². The number of carbonyl (C=O) groups excluding carboxylic acids is 1. The van der Waals surface area contributed by atoms with E-state index in [0.717, 1.165) is 17.9 Å². The summed E-state index contributed by atoms with van der Waals surface area (Å²) >= 11 is 7.99. The number of carbonyl (C=O) groups is 1. The summed E-state index contributed by atoms with van der Waals surface area (Å²) in [6.45, 7) is 1.91. The first-order valence-electron chi connectivity index (χ1n) is 6.50. The van der Waals surface area contributed by atoms with Gasteiger partial charge in [0.25, 0.3) is 0 Å². The van der Waals surface area contributed by atoms with Crippen LogP contribution in [0.3, 0.4) is 0 Å². The maximum Gasteiger partial charge on any atom is 0.339 e. The van der Waals surface area contributed by atoms with Crippen molar-refractivity contribution in [1.82, 2.24) is 0 Å². The van der Waals surface area contributed by atoms with Gasteiger partial charge in [0, 0.05) is 5.75 Å². The molecule has 0 spiro atoms. The highest BCUT2D eigenvalue weighted by Gasteiger charge is 2.21. The van der Waals surface area contributed by atoms with E-state index in [-0.39, 0.29) is 12.7 Å². The van der Waals surface area contributed by atoms with E-state index in [2.05, 4.69) is 0 Å². The summed E-state index contributed by atoms with van der Waals surface area (Å²) in [4.78, 5) is 11.5.